The summed E-state index contributed by atoms with van der Waals surface area (Å²) < 4.78 is 14.2. The molecule has 0 aromatic heterocycles. The first-order chi connectivity index (χ1) is 13.0. The van der Waals surface area contributed by atoms with Crippen LogP contribution in [-0.2, 0) is 4.79 Å². The number of fused-ring (bicyclic) bond motifs is 1. The fourth-order valence-corrected chi connectivity index (χ4v) is 3.08. The number of imide groups is 1. The summed E-state index contributed by atoms with van der Waals surface area (Å²) >= 11 is 0. The van der Waals surface area contributed by atoms with Crippen molar-refractivity contribution in [2.45, 2.75) is 19.4 Å². The summed E-state index contributed by atoms with van der Waals surface area (Å²) in [5.74, 6) is -2.39. The van der Waals surface area contributed by atoms with Gasteiger partial charge < -0.3 is 4.90 Å². The molecule has 27 heavy (non-hydrogen) atoms. The van der Waals surface area contributed by atoms with Crippen molar-refractivity contribution in [3.63, 3.8) is 0 Å². The molecule has 0 N–H and O–H groups in total. The molecule has 0 saturated carbocycles. The largest absolute Gasteiger partial charge is 0.307 e. The molecule has 0 radical (unpaired) electrons. The van der Waals surface area contributed by atoms with Gasteiger partial charge in [-0.1, -0.05) is 24.3 Å². The zero-order chi connectivity index (χ0) is 19.6. The highest BCUT2D eigenvalue weighted by molar-refractivity contribution is 6.23. The summed E-state index contributed by atoms with van der Waals surface area (Å²) in [5, 5.41) is 8.87. The average Bonchev–Trinajstić information content (AvgIpc) is 2.93. The van der Waals surface area contributed by atoms with Crippen molar-refractivity contribution in [1.82, 2.24) is 4.90 Å². The maximum Gasteiger partial charge on any atom is 0.262 e. The van der Waals surface area contributed by atoms with E-state index >= 15 is 0 Å². The van der Waals surface area contributed by atoms with Crippen molar-refractivity contribution in [3.05, 3.63) is 65.5 Å². The number of hydrogen-bond donors (Lipinski definition) is 0. The molecule has 0 bridgehead atoms. The van der Waals surface area contributed by atoms with E-state index < -0.39 is 29.6 Å². The highest BCUT2D eigenvalue weighted by Gasteiger charge is 2.42. The number of rotatable bonds is 5. The Balaban J connectivity index is 1.93. The maximum atomic E-state index is 14.2. The van der Waals surface area contributed by atoms with Crippen molar-refractivity contribution in [3.8, 4) is 6.07 Å². The van der Waals surface area contributed by atoms with Crippen molar-refractivity contribution in [2.75, 3.05) is 11.4 Å². The summed E-state index contributed by atoms with van der Waals surface area (Å²) in [6.45, 7) is 1.37. The third-order valence-electron chi connectivity index (χ3n) is 4.43. The van der Waals surface area contributed by atoms with Crippen LogP contribution < -0.4 is 4.90 Å². The minimum Gasteiger partial charge on any atom is -0.307 e. The maximum absolute atomic E-state index is 14.2. The standard InChI is InChI=1S/C20H16FN3O3/c1-13(24-19(26)14-7-2-3-8-15(14)20(24)27)18(25)23(12-6-11-22)17-10-5-4-9-16(17)21/h2-5,7-10,13H,6,12H2,1H3/t13-/m0/s1. The van der Waals surface area contributed by atoms with Crippen LogP contribution in [-0.4, -0.2) is 35.2 Å². The lowest BCUT2D eigenvalue weighted by molar-refractivity contribution is -0.122. The van der Waals surface area contributed by atoms with Gasteiger partial charge in [-0.25, -0.2) is 4.39 Å². The van der Waals surface area contributed by atoms with Crippen LogP contribution in [0.5, 0.6) is 0 Å². The fraction of sp³-hybridized carbons (Fsp3) is 0.200. The normalized spacial score (nSPS) is 13.9. The van der Waals surface area contributed by atoms with Gasteiger partial charge in [-0.05, 0) is 31.2 Å². The zero-order valence-electron chi connectivity index (χ0n) is 14.6. The van der Waals surface area contributed by atoms with Crippen molar-refractivity contribution in [1.29, 1.82) is 5.26 Å². The SMILES string of the molecule is C[C@@H](C(=O)N(CCC#N)c1ccccc1F)N1C(=O)c2ccccc2C1=O. The van der Waals surface area contributed by atoms with Gasteiger partial charge in [0.1, 0.15) is 11.9 Å². The second-order valence-corrected chi connectivity index (χ2v) is 6.05. The monoisotopic (exact) mass is 365 g/mol. The van der Waals surface area contributed by atoms with E-state index in [9.17, 15) is 18.8 Å². The Morgan fingerprint density at radius 3 is 2.22 bits per heavy atom. The Bertz CT molecular complexity index is 932. The molecule has 0 fully saturated rings. The van der Waals surface area contributed by atoms with Gasteiger partial charge in [-0.2, -0.15) is 5.26 Å². The molecule has 0 aliphatic carbocycles. The molecule has 3 amide bonds. The molecular formula is C20H16FN3O3. The van der Waals surface area contributed by atoms with Gasteiger partial charge in [0.2, 0.25) is 5.91 Å². The Labute approximate surface area is 155 Å². The number of nitriles is 1. The molecule has 1 atom stereocenters. The Kier molecular flexibility index (Phi) is 4.99. The molecule has 1 aliphatic rings. The van der Waals surface area contributed by atoms with E-state index in [2.05, 4.69) is 0 Å². The summed E-state index contributed by atoms with van der Waals surface area (Å²) in [4.78, 5) is 40.2. The summed E-state index contributed by atoms with van der Waals surface area (Å²) in [6, 6.07) is 12.8. The Hall–Kier alpha value is -3.53. The third-order valence-corrected chi connectivity index (χ3v) is 4.43. The van der Waals surface area contributed by atoms with E-state index in [0.717, 1.165) is 9.80 Å². The Morgan fingerprint density at radius 2 is 1.67 bits per heavy atom. The van der Waals surface area contributed by atoms with Crippen LogP contribution in [0.2, 0.25) is 0 Å². The van der Waals surface area contributed by atoms with Gasteiger partial charge in [0.05, 0.1) is 29.3 Å². The molecule has 0 saturated heterocycles. The van der Waals surface area contributed by atoms with Gasteiger partial charge >= 0.3 is 0 Å². The fourth-order valence-electron chi connectivity index (χ4n) is 3.08. The van der Waals surface area contributed by atoms with Crippen LogP contribution >= 0.6 is 0 Å². The summed E-state index contributed by atoms with van der Waals surface area (Å²) in [5.41, 5.74) is 0.467. The van der Waals surface area contributed by atoms with E-state index in [4.69, 9.17) is 5.26 Å². The van der Waals surface area contributed by atoms with Gasteiger partial charge in [0.25, 0.3) is 11.8 Å². The number of carbonyl (C=O) groups excluding carboxylic acids is 3. The molecular weight excluding hydrogens is 349 g/mol. The van der Waals surface area contributed by atoms with Crippen molar-refractivity contribution in [2.24, 2.45) is 0 Å². The quantitative estimate of drug-likeness (QED) is 0.763. The number of nitrogens with zero attached hydrogens (tertiary/aromatic N) is 3. The molecule has 2 aromatic carbocycles. The van der Waals surface area contributed by atoms with Crippen LogP contribution in [0, 0.1) is 17.1 Å². The number of halogens is 1. The molecule has 1 heterocycles. The number of amides is 3. The topological polar surface area (TPSA) is 81.5 Å². The first-order valence-corrected chi connectivity index (χ1v) is 8.37. The van der Waals surface area contributed by atoms with Gasteiger partial charge in [-0.15, -0.1) is 0 Å². The van der Waals surface area contributed by atoms with Crippen LogP contribution in [0.1, 0.15) is 34.1 Å². The van der Waals surface area contributed by atoms with Gasteiger partial charge in [0.15, 0.2) is 0 Å². The van der Waals surface area contributed by atoms with Gasteiger partial charge in [-0.3, -0.25) is 19.3 Å². The second kappa shape index (κ2) is 7.38. The minimum atomic E-state index is -1.14. The molecule has 7 heteroatoms. The predicted molar refractivity (Wildman–Crippen MR) is 95.4 cm³/mol. The van der Waals surface area contributed by atoms with E-state index in [-0.39, 0.29) is 29.8 Å². The lowest BCUT2D eigenvalue weighted by Crippen LogP contribution is -2.50. The van der Waals surface area contributed by atoms with Gasteiger partial charge in [0, 0.05) is 6.54 Å². The van der Waals surface area contributed by atoms with E-state index in [1.807, 2.05) is 6.07 Å². The molecule has 0 unspecified atom stereocenters. The van der Waals surface area contributed by atoms with Crippen LogP contribution in [0.25, 0.3) is 0 Å². The summed E-state index contributed by atoms with van der Waals surface area (Å²) in [7, 11) is 0. The molecule has 6 nitrogen and oxygen atoms in total. The van der Waals surface area contributed by atoms with Crippen molar-refractivity contribution < 1.29 is 18.8 Å². The smallest absolute Gasteiger partial charge is 0.262 e. The summed E-state index contributed by atoms with van der Waals surface area (Å²) in [6.07, 6.45) is -0.0189. The van der Waals surface area contributed by atoms with E-state index in [1.54, 1.807) is 18.2 Å². The second-order valence-electron chi connectivity index (χ2n) is 6.05. The minimum absolute atomic E-state index is 0.00112. The van der Waals surface area contributed by atoms with Crippen LogP contribution in [0.15, 0.2) is 48.5 Å². The molecule has 136 valence electrons. The Morgan fingerprint density at radius 1 is 1.11 bits per heavy atom. The lowest BCUT2D eigenvalue weighted by Gasteiger charge is -2.29. The number of para-hydroxylation sites is 1. The van der Waals surface area contributed by atoms with Crippen molar-refractivity contribution >= 4 is 23.4 Å². The molecule has 0 spiro atoms. The first kappa shape index (κ1) is 18.3. The highest BCUT2D eigenvalue weighted by Crippen LogP contribution is 2.27. The number of carbonyl (C=O) groups is 3. The third kappa shape index (κ3) is 3.17. The van der Waals surface area contributed by atoms with E-state index in [1.165, 1.54) is 37.3 Å². The molecule has 2 aromatic rings. The van der Waals surface area contributed by atoms with E-state index in [0.29, 0.717) is 0 Å². The predicted octanol–water partition coefficient (Wildman–Crippen LogP) is 2.76. The number of hydrogen-bond acceptors (Lipinski definition) is 4. The lowest BCUT2D eigenvalue weighted by atomic mass is 10.1. The molecule has 3 rings (SSSR count). The first-order valence-electron chi connectivity index (χ1n) is 8.37. The zero-order valence-corrected chi connectivity index (χ0v) is 14.6. The number of benzene rings is 2. The highest BCUT2D eigenvalue weighted by atomic mass is 19.1. The average molecular weight is 365 g/mol. The molecule has 1 aliphatic heterocycles. The van der Waals surface area contributed by atoms with Crippen LogP contribution in [0.3, 0.4) is 0 Å². The van der Waals surface area contributed by atoms with Crippen LogP contribution in [0.4, 0.5) is 10.1 Å². The number of anilines is 1.